The van der Waals surface area contributed by atoms with Gasteiger partial charge in [-0.2, -0.15) is 5.10 Å². The van der Waals surface area contributed by atoms with Crippen LogP contribution in [0.2, 0.25) is 0 Å². The van der Waals surface area contributed by atoms with E-state index in [0.717, 1.165) is 56.7 Å². The summed E-state index contributed by atoms with van der Waals surface area (Å²) in [4.78, 5) is 27.2. The molecule has 0 spiro atoms. The Kier molecular flexibility index (Phi) is 8.72. The summed E-state index contributed by atoms with van der Waals surface area (Å²) in [5.74, 6) is 1.84. The first-order valence-electron chi connectivity index (χ1n) is 11.5. The van der Waals surface area contributed by atoms with Crippen LogP contribution < -0.4 is 20.5 Å². The fourth-order valence-corrected chi connectivity index (χ4v) is 3.89. The monoisotopic (exact) mass is 445 g/mol. The molecule has 0 saturated carbocycles. The second kappa shape index (κ2) is 11.7. The van der Waals surface area contributed by atoms with Crippen molar-refractivity contribution < 1.29 is 14.3 Å². The highest BCUT2D eigenvalue weighted by Gasteiger charge is 2.17. The number of nitrogens with zero attached hydrogens (tertiary/aromatic N) is 4. The molecule has 0 unspecified atom stereocenters. The molecule has 9 heteroatoms. The summed E-state index contributed by atoms with van der Waals surface area (Å²) >= 11 is 0. The summed E-state index contributed by atoms with van der Waals surface area (Å²) in [6.07, 6.45) is 3.89. The maximum Gasteiger partial charge on any atom is 0.346 e. The maximum atomic E-state index is 12.5. The predicted molar refractivity (Wildman–Crippen MR) is 122 cm³/mol. The molecule has 1 aliphatic rings. The molecular formula is C23H35N5O4. The van der Waals surface area contributed by atoms with E-state index >= 15 is 0 Å². The lowest BCUT2D eigenvalue weighted by Gasteiger charge is -2.19. The van der Waals surface area contributed by atoms with Gasteiger partial charge in [-0.1, -0.05) is 26.3 Å². The number of carbonyl (C=O) groups excluding carboxylic acids is 1. The van der Waals surface area contributed by atoms with E-state index in [1.807, 2.05) is 18.2 Å². The molecule has 2 heterocycles. The molecule has 0 radical (unpaired) electrons. The van der Waals surface area contributed by atoms with Crippen LogP contribution in [0.4, 0.5) is 0 Å². The van der Waals surface area contributed by atoms with Crippen molar-refractivity contribution in [1.29, 1.82) is 0 Å². The van der Waals surface area contributed by atoms with E-state index in [1.54, 1.807) is 11.7 Å². The number of hydrogen-bond donors (Lipinski definition) is 1. The van der Waals surface area contributed by atoms with Gasteiger partial charge in [-0.05, 0) is 43.6 Å². The van der Waals surface area contributed by atoms with Crippen molar-refractivity contribution in [1.82, 2.24) is 24.6 Å². The first kappa shape index (κ1) is 23.8. The van der Waals surface area contributed by atoms with Crippen molar-refractivity contribution in [2.45, 2.75) is 59.2 Å². The van der Waals surface area contributed by atoms with E-state index in [2.05, 4.69) is 29.2 Å². The largest absolute Gasteiger partial charge is 0.493 e. The topological polar surface area (TPSA) is 90.6 Å². The molecule has 0 fully saturated rings. The number of nitrogens with one attached hydrogen (secondary N) is 1. The molecule has 1 aromatic heterocycles. The minimum absolute atomic E-state index is 0.0808. The van der Waals surface area contributed by atoms with Gasteiger partial charge in [-0.3, -0.25) is 9.36 Å². The van der Waals surface area contributed by atoms with Crippen LogP contribution in [0.15, 0.2) is 23.0 Å². The predicted octanol–water partition coefficient (Wildman–Crippen LogP) is 1.82. The van der Waals surface area contributed by atoms with Crippen LogP contribution >= 0.6 is 0 Å². The number of hydrogen-bond acceptors (Lipinski definition) is 6. The Morgan fingerprint density at radius 3 is 2.75 bits per heavy atom. The number of ether oxygens (including phenoxy) is 2. The molecule has 1 N–H and O–H groups in total. The van der Waals surface area contributed by atoms with E-state index in [9.17, 15) is 9.59 Å². The standard InChI is InChI=1S/C23H35N5O4/c1-4-26(5-2)13-14-32-19-11-10-18(15-20(19)31-3)16-24-22(29)17-28-23(30)27-12-8-6-7-9-21(27)25-28/h10-11,15H,4-9,12-14,16-17H2,1-3H3,(H,24,29). The lowest BCUT2D eigenvalue weighted by Crippen LogP contribution is -2.33. The number of aryl methyl sites for hydroxylation is 1. The molecule has 176 valence electrons. The number of aromatic nitrogens is 3. The Labute approximate surface area is 189 Å². The number of benzene rings is 1. The number of methoxy groups -OCH3 is 1. The zero-order valence-electron chi connectivity index (χ0n) is 19.4. The van der Waals surface area contributed by atoms with Crippen LogP contribution in [0.25, 0.3) is 0 Å². The van der Waals surface area contributed by atoms with Crippen molar-refractivity contribution >= 4 is 5.91 Å². The third-order valence-electron chi connectivity index (χ3n) is 5.85. The lowest BCUT2D eigenvalue weighted by molar-refractivity contribution is -0.122. The zero-order chi connectivity index (χ0) is 22.9. The minimum atomic E-state index is -0.251. The van der Waals surface area contributed by atoms with Crippen LogP contribution in [0, 0.1) is 0 Å². The van der Waals surface area contributed by atoms with Crippen LogP contribution in [0.5, 0.6) is 11.5 Å². The maximum absolute atomic E-state index is 12.5. The normalized spacial score (nSPS) is 13.5. The number of carbonyl (C=O) groups is 1. The molecule has 0 aliphatic carbocycles. The summed E-state index contributed by atoms with van der Waals surface area (Å²) in [7, 11) is 1.60. The Hall–Kier alpha value is -2.81. The van der Waals surface area contributed by atoms with E-state index < -0.39 is 0 Å². The van der Waals surface area contributed by atoms with Gasteiger partial charge in [0.2, 0.25) is 5.91 Å². The minimum Gasteiger partial charge on any atom is -0.493 e. The molecule has 32 heavy (non-hydrogen) atoms. The molecule has 1 aromatic carbocycles. The molecule has 0 saturated heterocycles. The van der Waals surface area contributed by atoms with Crippen LogP contribution in [0.1, 0.15) is 44.5 Å². The molecule has 0 bridgehead atoms. The zero-order valence-corrected chi connectivity index (χ0v) is 19.4. The number of rotatable bonds is 11. The Morgan fingerprint density at radius 1 is 1.19 bits per heavy atom. The van der Waals surface area contributed by atoms with Gasteiger partial charge < -0.3 is 19.7 Å². The summed E-state index contributed by atoms with van der Waals surface area (Å²) < 4.78 is 14.3. The van der Waals surface area contributed by atoms with Crippen LogP contribution in [0.3, 0.4) is 0 Å². The number of likely N-dealkylation sites (N-methyl/N-ethyl adjacent to an activating group) is 1. The smallest absolute Gasteiger partial charge is 0.346 e. The van der Waals surface area contributed by atoms with Crippen molar-refractivity contribution in [3.8, 4) is 11.5 Å². The summed E-state index contributed by atoms with van der Waals surface area (Å²) in [5.41, 5.74) is 0.684. The van der Waals surface area contributed by atoms with E-state index in [4.69, 9.17) is 9.47 Å². The lowest BCUT2D eigenvalue weighted by atomic mass is 10.2. The second-order valence-corrected chi connectivity index (χ2v) is 7.96. The molecule has 9 nitrogen and oxygen atoms in total. The molecule has 0 atom stereocenters. The van der Waals surface area contributed by atoms with Gasteiger partial charge in [-0.15, -0.1) is 0 Å². The van der Waals surface area contributed by atoms with E-state index in [-0.39, 0.29) is 18.1 Å². The molecular weight excluding hydrogens is 410 g/mol. The van der Waals surface area contributed by atoms with Crippen molar-refractivity contribution in [3.05, 3.63) is 40.1 Å². The number of amides is 1. The van der Waals surface area contributed by atoms with E-state index in [1.165, 1.54) is 4.68 Å². The SMILES string of the molecule is CCN(CC)CCOc1ccc(CNC(=O)Cn2nc3n(c2=O)CCCCC3)cc1OC. The van der Waals surface area contributed by atoms with Crippen LogP contribution in [-0.2, 0) is 30.8 Å². The average molecular weight is 446 g/mol. The van der Waals surface area contributed by atoms with Gasteiger partial charge in [0, 0.05) is 26.1 Å². The summed E-state index contributed by atoms with van der Waals surface area (Å²) in [6, 6.07) is 5.62. The third kappa shape index (κ3) is 6.12. The quantitative estimate of drug-likeness (QED) is 0.567. The summed E-state index contributed by atoms with van der Waals surface area (Å²) in [5, 5.41) is 7.22. The number of fused-ring (bicyclic) bond motifs is 1. The highest BCUT2D eigenvalue weighted by molar-refractivity contribution is 5.75. The second-order valence-electron chi connectivity index (χ2n) is 7.96. The Morgan fingerprint density at radius 2 is 2.00 bits per heavy atom. The third-order valence-corrected chi connectivity index (χ3v) is 5.85. The van der Waals surface area contributed by atoms with Crippen molar-refractivity contribution in [2.24, 2.45) is 0 Å². The van der Waals surface area contributed by atoms with Gasteiger partial charge in [0.05, 0.1) is 7.11 Å². The highest BCUT2D eigenvalue weighted by Crippen LogP contribution is 2.28. The van der Waals surface area contributed by atoms with Crippen molar-refractivity contribution in [3.63, 3.8) is 0 Å². The van der Waals surface area contributed by atoms with Gasteiger partial charge in [-0.25, -0.2) is 9.48 Å². The fourth-order valence-electron chi connectivity index (χ4n) is 3.89. The van der Waals surface area contributed by atoms with E-state index in [0.29, 0.717) is 31.2 Å². The highest BCUT2D eigenvalue weighted by atomic mass is 16.5. The molecule has 3 rings (SSSR count). The van der Waals surface area contributed by atoms with Gasteiger partial charge in [0.15, 0.2) is 11.5 Å². The first-order valence-corrected chi connectivity index (χ1v) is 11.5. The van der Waals surface area contributed by atoms with Gasteiger partial charge >= 0.3 is 5.69 Å². The average Bonchev–Trinajstić information content (AvgIpc) is 2.96. The molecule has 1 amide bonds. The summed E-state index contributed by atoms with van der Waals surface area (Å²) in [6.45, 7) is 8.60. The van der Waals surface area contributed by atoms with Gasteiger partial charge in [0.1, 0.15) is 19.0 Å². The van der Waals surface area contributed by atoms with Crippen LogP contribution in [-0.4, -0.2) is 58.5 Å². The Bertz CT molecular complexity index is 948. The first-order chi connectivity index (χ1) is 15.5. The van der Waals surface area contributed by atoms with Crippen molar-refractivity contribution in [2.75, 3.05) is 33.4 Å². The molecule has 2 aromatic rings. The fraction of sp³-hybridized carbons (Fsp3) is 0.609. The molecule has 1 aliphatic heterocycles. The van der Waals surface area contributed by atoms with Gasteiger partial charge in [0.25, 0.3) is 0 Å². The Balaban J connectivity index is 1.54.